The number of hydrogen-bond donors (Lipinski definition) is 1. The predicted molar refractivity (Wildman–Crippen MR) is 48.5 cm³/mol. The topological polar surface area (TPSA) is 15.3 Å². The molecule has 1 N–H and O–H groups in total. The quantitative estimate of drug-likeness (QED) is 0.647. The van der Waals surface area contributed by atoms with Crippen LogP contribution in [0, 0.1) is 6.92 Å². The summed E-state index contributed by atoms with van der Waals surface area (Å²) in [7, 11) is 3.96. The number of aryl methyl sites for hydroxylation is 1. The van der Waals surface area contributed by atoms with Crippen LogP contribution in [0.15, 0.2) is 24.3 Å². The highest BCUT2D eigenvalue weighted by atomic mass is 15.5. The molecule has 0 saturated heterocycles. The molecule has 0 atom stereocenters. The van der Waals surface area contributed by atoms with Gasteiger partial charge in [-0.15, -0.1) is 0 Å². The molecule has 0 aromatic heterocycles. The van der Waals surface area contributed by atoms with E-state index in [2.05, 4.69) is 24.5 Å². The summed E-state index contributed by atoms with van der Waals surface area (Å²) in [6.45, 7) is 2.09. The van der Waals surface area contributed by atoms with Crippen molar-refractivity contribution >= 4 is 5.69 Å². The minimum Gasteiger partial charge on any atom is -0.319 e. The molecule has 0 radical (unpaired) electrons. The van der Waals surface area contributed by atoms with Crippen molar-refractivity contribution in [1.29, 1.82) is 0 Å². The highest BCUT2D eigenvalue weighted by Gasteiger charge is 1.94. The lowest BCUT2D eigenvalue weighted by atomic mass is 10.2. The Labute approximate surface area is 67.8 Å². The van der Waals surface area contributed by atoms with Crippen LogP contribution in [-0.4, -0.2) is 19.1 Å². The van der Waals surface area contributed by atoms with Gasteiger partial charge >= 0.3 is 0 Å². The highest BCUT2D eigenvalue weighted by Crippen LogP contribution is 2.12. The number of hydrazine groups is 1. The summed E-state index contributed by atoms with van der Waals surface area (Å²) < 4.78 is 0. The molecule has 11 heavy (non-hydrogen) atoms. The summed E-state index contributed by atoms with van der Waals surface area (Å²) in [6.07, 6.45) is 0. The van der Waals surface area contributed by atoms with Crippen LogP contribution in [0.2, 0.25) is 0 Å². The number of benzene rings is 1. The Morgan fingerprint density at radius 3 is 2.36 bits per heavy atom. The van der Waals surface area contributed by atoms with Crippen LogP contribution in [-0.2, 0) is 0 Å². The molecule has 0 aliphatic carbocycles. The Morgan fingerprint density at radius 2 is 1.82 bits per heavy atom. The number of nitrogens with zero attached hydrogens (tertiary/aromatic N) is 1. The number of para-hydroxylation sites is 1. The van der Waals surface area contributed by atoms with E-state index < -0.39 is 0 Å². The van der Waals surface area contributed by atoms with Crippen molar-refractivity contribution in [2.45, 2.75) is 6.92 Å². The number of anilines is 1. The normalized spacial score (nSPS) is 10.2. The van der Waals surface area contributed by atoms with E-state index in [1.807, 2.05) is 31.2 Å². The third kappa shape index (κ3) is 2.24. The maximum Gasteiger partial charge on any atom is 0.0519 e. The third-order valence-electron chi connectivity index (χ3n) is 1.49. The van der Waals surface area contributed by atoms with Crippen molar-refractivity contribution in [3.63, 3.8) is 0 Å². The Balaban J connectivity index is 2.78. The molecule has 0 spiro atoms. The van der Waals surface area contributed by atoms with E-state index in [4.69, 9.17) is 0 Å². The largest absolute Gasteiger partial charge is 0.319 e. The summed E-state index contributed by atoms with van der Waals surface area (Å²) in [6, 6.07) is 8.22. The van der Waals surface area contributed by atoms with Gasteiger partial charge in [-0.25, -0.2) is 5.01 Å². The molecule has 0 heterocycles. The third-order valence-corrected chi connectivity index (χ3v) is 1.49. The van der Waals surface area contributed by atoms with Crippen LogP contribution >= 0.6 is 0 Å². The lowest BCUT2D eigenvalue weighted by Gasteiger charge is -2.14. The van der Waals surface area contributed by atoms with E-state index in [9.17, 15) is 0 Å². The van der Waals surface area contributed by atoms with E-state index in [0.29, 0.717) is 0 Å². The van der Waals surface area contributed by atoms with Gasteiger partial charge in [0.25, 0.3) is 0 Å². The van der Waals surface area contributed by atoms with Crippen molar-refractivity contribution in [3.8, 4) is 0 Å². The molecule has 1 aromatic rings. The first-order valence-electron chi connectivity index (χ1n) is 3.70. The van der Waals surface area contributed by atoms with E-state index in [0.717, 1.165) is 5.69 Å². The molecule has 1 aromatic carbocycles. The van der Waals surface area contributed by atoms with Crippen LogP contribution in [0.5, 0.6) is 0 Å². The van der Waals surface area contributed by atoms with Gasteiger partial charge in [0.1, 0.15) is 0 Å². The van der Waals surface area contributed by atoms with Crippen LogP contribution < -0.4 is 5.43 Å². The van der Waals surface area contributed by atoms with E-state index in [1.54, 1.807) is 0 Å². The van der Waals surface area contributed by atoms with Crippen molar-refractivity contribution in [3.05, 3.63) is 29.8 Å². The summed E-state index contributed by atoms with van der Waals surface area (Å²) in [5.41, 5.74) is 5.64. The average Bonchev–Trinajstić information content (AvgIpc) is 1.93. The molecular weight excluding hydrogens is 136 g/mol. The molecule has 0 unspecified atom stereocenters. The number of hydrogen-bond acceptors (Lipinski definition) is 2. The minimum absolute atomic E-state index is 1.16. The molecule has 0 aliphatic rings. The van der Waals surface area contributed by atoms with Gasteiger partial charge in [-0.05, 0) is 18.6 Å². The fourth-order valence-electron chi connectivity index (χ4n) is 0.939. The van der Waals surface area contributed by atoms with Crippen LogP contribution in [0.25, 0.3) is 0 Å². The van der Waals surface area contributed by atoms with Crippen molar-refractivity contribution in [1.82, 2.24) is 5.01 Å². The fourth-order valence-corrected chi connectivity index (χ4v) is 0.939. The van der Waals surface area contributed by atoms with E-state index in [-0.39, 0.29) is 0 Å². The van der Waals surface area contributed by atoms with Crippen LogP contribution in [0.4, 0.5) is 5.69 Å². The van der Waals surface area contributed by atoms with Gasteiger partial charge in [0, 0.05) is 14.1 Å². The standard InChI is InChI=1S/C9H14N2/c1-8-6-4-5-7-9(8)10-11(2)3/h4-7,10H,1-3H3. The second-order valence-electron chi connectivity index (χ2n) is 2.82. The SMILES string of the molecule is Cc1ccccc1NN(C)C. The molecule has 1 rings (SSSR count). The van der Waals surface area contributed by atoms with Gasteiger partial charge < -0.3 is 5.43 Å². The first kappa shape index (κ1) is 8.08. The smallest absolute Gasteiger partial charge is 0.0519 e. The second-order valence-corrected chi connectivity index (χ2v) is 2.82. The Kier molecular flexibility index (Phi) is 2.49. The zero-order valence-electron chi connectivity index (χ0n) is 7.26. The second kappa shape index (κ2) is 3.39. The zero-order valence-corrected chi connectivity index (χ0v) is 7.26. The summed E-state index contributed by atoms with van der Waals surface area (Å²) >= 11 is 0. The van der Waals surface area contributed by atoms with Gasteiger partial charge in [-0.2, -0.15) is 0 Å². The van der Waals surface area contributed by atoms with Crippen molar-refractivity contribution < 1.29 is 0 Å². The Bertz CT molecular complexity index is 231. The number of rotatable bonds is 2. The van der Waals surface area contributed by atoms with Gasteiger partial charge in [0.2, 0.25) is 0 Å². The summed E-state index contributed by atoms with van der Waals surface area (Å²) in [5, 5.41) is 1.93. The van der Waals surface area contributed by atoms with Crippen LogP contribution in [0.3, 0.4) is 0 Å². The summed E-state index contributed by atoms with van der Waals surface area (Å²) in [4.78, 5) is 0. The maximum absolute atomic E-state index is 3.21. The molecule has 2 nitrogen and oxygen atoms in total. The molecule has 0 fully saturated rings. The molecular formula is C9H14N2. The average molecular weight is 150 g/mol. The zero-order chi connectivity index (χ0) is 8.27. The highest BCUT2D eigenvalue weighted by molar-refractivity contribution is 5.49. The molecule has 60 valence electrons. The van der Waals surface area contributed by atoms with Crippen molar-refractivity contribution in [2.75, 3.05) is 19.5 Å². The summed E-state index contributed by atoms with van der Waals surface area (Å²) in [5.74, 6) is 0. The molecule has 0 aliphatic heterocycles. The monoisotopic (exact) mass is 150 g/mol. The van der Waals surface area contributed by atoms with E-state index in [1.165, 1.54) is 5.56 Å². The Morgan fingerprint density at radius 1 is 1.18 bits per heavy atom. The number of nitrogens with one attached hydrogen (secondary N) is 1. The van der Waals surface area contributed by atoms with E-state index >= 15 is 0 Å². The molecule has 0 bridgehead atoms. The minimum atomic E-state index is 1.16. The van der Waals surface area contributed by atoms with Gasteiger partial charge in [0.15, 0.2) is 0 Å². The lowest BCUT2D eigenvalue weighted by Crippen LogP contribution is -2.19. The first-order valence-corrected chi connectivity index (χ1v) is 3.70. The van der Waals surface area contributed by atoms with Gasteiger partial charge in [0.05, 0.1) is 5.69 Å². The Hall–Kier alpha value is -1.02. The molecule has 0 amide bonds. The fraction of sp³-hybridized carbons (Fsp3) is 0.333. The van der Waals surface area contributed by atoms with Crippen molar-refractivity contribution in [2.24, 2.45) is 0 Å². The van der Waals surface area contributed by atoms with Gasteiger partial charge in [-0.1, -0.05) is 18.2 Å². The molecule has 0 saturated carbocycles. The maximum atomic E-state index is 3.21. The van der Waals surface area contributed by atoms with Crippen LogP contribution in [0.1, 0.15) is 5.56 Å². The first-order chi connectivity index (χ1) is 5.20. The predicted octanol–water partition coefficient (Wildman–Crippen LogP) is 1.88. The lowest BCUT2D eigenvalue weighted by molar-refractivity contribution is 0.495. The van der Waals surface area contributed by atoms with Gasteiger partial charge in [-0.3, -0.25) is 0 Å². The molecule has 2 heteroatoms.